The Kier molecular flexibility index (Phi) is 17.8. The summed E-state index contributed by atoms with van der Waals surface area (Å²) in [6.45, 7) is 5.26. The third-order valence-corrected chi connectivity index (χ3v) is 4.21. The van der Waals surface area contributed by atoms with Crippen LogP contribution in [0.5, 0.6) is 0 Å². The summed E-state index contributed by atoms with van der Waals surface area (Å²) >= 11 is 0. The molecule has 0 aliphatic heterocycles. The van der Waals surface area contributed by atoms with Gasteiger partial charge in [-0.2, -0.15) is 0 Å². The zero-order chi connectivity index (χ0) is 16.3. The summed E-state index contributed by atoms with van der Waals surface area (Å²) in [6.07, 6.45) is 20.2. The molecule has 132 valence electrons. The molecule has 1 N–H and O–H groups in total. The van der Waals surface area contributed by atoms with E-state index < -0.39 is 0 Å². The molecule has 0 atom stereocenters. The molecule has 0 aliphatic carbocycles. The first-order chi connectivity index (χ1) is 10.8. The maximum atomic E-state index is 9.21. The minimum atomic E-state index is 0.759. The maximum absolute atomic E-state index is 9.21. The molecule has 0 unspecified atom stereocenters. The van der Waals surface area contributed by atoms with Gasteiger partial charge >= 0.3 is 0 Å². The smallest absolute Gasteiger partial charge is 0.130 e. The van der Waals surface area contributed by atoms with E-state index in [2.05, 4.69) is 13.8 Å². The van der Waals surface area contributed by atoms with Gasteiger partial charge in [-0.05, 0) is 12.8 Å². The summed E-state index contributed by atoms with van der Waals surface area (Å²) in [6, 6.07) is 0. The normalized spacial score (nSPS) is 11.8. The van der Waals surface area contributed by atoms with Gasteiger partial charge < -0.3 is 9.84 Å². The number of hydrogen-bond donors (Lipinski definition) is 1. The standard InChI is InChI=1S/C20H40O2/c1-3-5-7-9-11-12-13-15-17-20(19-21)22-18-16-14-10-8-6-4-2/h19,21H,3-18H2,1-2H3/b20-19-. The lowest BCUT2D eigenvalue weighted by molar-refractivity contribution is 0.182. The van der Waals surface area contributed by atoms with Crippen LogP contribution in [-0.2, 0) is 4.74 Å². The first kappa shape index (κ1) is 21.3. The molecule has 0 aromatic rings. The quantitative estimate of drug-likeness (QED) is 0.225. The molecule has 0 aliphatic rings. The molecule has 22 heavy (non-hydrogen) atoms. The van der Waals surface area contributed by atoms with E-state index >= 15 is 0 Å². The fourth-order valence-electron chi connectivity index (χ4n) is 2.69. The summed E-state index contributed by atoms with van der Waals surface area (Å²) in [5, 5.41) is 9.21. The Labute approximate surface area is 139 Å². The van der Waals surface area contributed by atoms with Crippen molar-refractivity contribution in [1.82, 2.24) is 0 Å². The predicted molar refractivity (Wildman–Crippen MR) is 97.3 cm³/mol. The van der Waals surface area contributed by atoms with E-state index in [1.807, 2.05) is 0 Å². The highest BCUT2D eigenvalue weighted by molar-refractivity contribution is 4.86. The van der Waals surface area contributed by atoms with Crippen LogP contribution in [0, 0.1) is 0 Å². The van der Waals surface area contributed by atoms with Crippen LogP contribution in [0.15, 0.2) is 12.0 Å². The van der Waals surface area contributed by atoms with Crippen LogP contribution in [0.3, 0.4) is 0 Å². The van der Waals surface area contributed by atoms with Gasteiger partial charge in [0.1, 0.15) is 12.0 Å². The minimum absolute atomic E-state index is 0.759. The molecule has 0 heterocycles. The van der Waals surface area contributed by atoms with Gasteiger partial charge in [0.2, 0.25) is 0 Å². The topological polar surface area (TPSA) is 29.5 Å². The molecule has 0 saturated carbocycles. The Morgan fingerprint density at radius 1 is 0.682 bits per heavy atom. The summed E-state index contributed by atoms with van der Waals surface area (Å²) in [7, 11) is 0. The van der Waals surface area contributed by atoms with Gasteiger partial charge in [0.25, 0.3) is 0 Å². The molecule has 0 bridgehead atoms. The summed E-state index contributed by atoms with van der Waals surface area (Å²) in [5.74, 6) is 0.777. The maximum Gasteiger partial charge on any atom is 0.130 e. The fraction of sp³-hybridized carbons (Fsp3) is 0.900. The van der Waals surface area contributed by atoms with E-state index in [1.54, 1.807) is 0 Å². The molecule has 0 aromatic heterocycles. The Morgan fingerprint density at radius 3 is 1.64 bits per heavy atom. The van der Waals surface area contributed by atoms with E-state index in [0.717, 1.165) is 31.6 Å². The van der Waals surface area contributed by atoms with Crippen molar-refractivity contribution >= 4 is 0 Å². The summed E-state index contributed by atoms with van der Waals surface area (Å²) in [5.41, 5.74) is 0. The van der Waals surface area contributed by atoms with Crippen LogP contribution in [0.1, 0.15) is 110 Å². The highest BCUT2D eigenvalue weighted by Gasteiger charge is 2.00. The molecule has 0 saturated heterocycles. The Balaban J connectivity index is 3.33. The Morgan fingerprint density at radius 2 is 1.14 bits per heavy atom. The van der Waals surface area contributed by atoms with E-state index in [9.17, 15) is 5.11 Å². The average Bonchev–Trinajstić information content (AvgIpc) is 2.54. The molecule has 0 radical (unpaired) electrons. The lowest BCUT2D eigenvalue weighted by Gasteiger charge is -2.09. The predicted octanol–water partition coefficient (Wildman–Crippen LogP) is 7.29. The number of unbranched alkanes of at least 4 members (excludes halogenated alkanes) is 12. The zero-order valence-electron chi connectivity index (χ0n) is 15.2. The van der Waals surface area contributed by atoms with Crippen molar-refractivity contribution in [3.8, 4) is 0 Å². The second kappa shape index (κ2) is 18.4. The summed E-state index contributed by atoms with van der Waals surface area (Å²) < 4.78 is 5.67. The summed E-state index contributed by atoms with van der Waals surface area (Å²) in [4.78, 5) is 0. The molecule has 0 amide bonds. The third-order valence-electron chi connectivity index (χ3n) is 4.21. The van der Waals surface area contributed by atoms with Crippen LogP contribution in [-0.4, -0.2) is 11.7 Å². The number of allylic oxidation sites excluding steroid dienone is 1. The number of hydrogen-bond acceptors (Lipinski definition) is 2. The minimum Gasteiger partial charge on any atom is -0.512 e. The molecule has 0 rings (SSSR count). The van der Waals surface area contributed by atoms with Crippen LogP contribution in [0.25, 0.3) is 0 Å². The van der Waals surface area contributed by atoms with Gasteiger partial charge in [-0.1, -0.05) is 90.9 Å². The number of aliphatic hydroxyl groups is 1. The SMILES string of the molecule is CCCCCCCCCC/C(=C/O)OCCCCCCCC. The molecular weight excluding hydrogens is 272 g/mol. The second-order valence-corrected chi connectivity index (χ2v) is 6.44. The van der Waals surface area contributed by atoms with Gasteiger partial charge in [0.15, 0.2) is 0 Å². The van der Waals surface area contributed by atoms with Gasteiger partial charge in [-0.15, -0.1) is 0 Å². The molecule has 2 nitrogen and oxygen atoms in total. The largest absolute Gasteiger partial charge is 0.512 e. The molecule has 0 aromatic carbocycles. The molecule has 0 fully saturated rings. The van der Waals surface area contributed by atoms with Crippen LogP contribution in [0.4, 0.5) is 0 Å². The molecule has 0 spiro atoms. The van der Waals surface area contributed by atoms with E-state index in [0.29, 0.717) is 0 Å². The monoisotopic (exact) mass is 312 g/mol. The molecular formula is C20H40O2. The van der Waals surface area contributed by atoms with Crippen molar-refractivity contribution in [3.63, 3.8) is 0 Å². The zero-order valence-corrected chi connectivity index (χ0v) is 15.2. The highest BCUT2D eigenvalue weighted by atomic mass is 16.5. The van der Waals surface area contributed by atoms with E-state index in [-0.39, 0.29) is 0 Å². The van der Waals surface area contributed by atoms with Crippen molar-refractivity contribution in [1.29, 1.82) is 0 Å². The van der Waals surface area contributed by atoms with Crippen LogP contribution >= 0.6 is 0 Å². The third kappa shape index (κ3) is 15.7. The van der Waals surface area contributed by atoms with Crippen molar-refractivity contribution in [2.75, 3.05) is 6.61 Å². The average molecular weight is 313 g/mol. The number of ether oxygens (including phenoxy) is 1. The van der Waals surface area contributed by atoms with Crippen molar-refractivity contribution in [3.05, 3.63) is 12.0 Å². The van der Waals surface area contributed by atoms with Gasteiger partial charge in [0.05, 0.1) is 6.61 Å². The van der Waals surface area contributed by atoms with Gasteiger partial charge in [-0.25, -0.2) is 0 Å². The van der Waals surface area contributed by atoms with Crippen LogP contribution < -0.4 is 0 Å². The molecule has 2 heteroatoms. The van der Waals surface area contributed by atoms with E-state index in [1.165, 1.54) is 83.3 Å². The first-order valence-electron chi connectivity index (χ1n) is 9.81. The number of aliphatic hydroxyl groups excluding tert-OH is 1. The Hall–Kier alpha value is -0.660. The van der Waals surface area contributed by atoms with Crippen molar-refractivity contribution in [2.24, 2.45) is 0 Å². The van der Waals surface area contributed by atoms with Crippen molar-refractivity contribution in [2.45, 2.75) is 110 Å². The van der Waals surface area contributed by atoms with Gasteiger partial charge in [0, 0.05) is 6.42 Å². The second-order valence-electron chi connectivity index (χ2n) is 6.44. The first-order valence-corrected chi connectivity index (χ1v) is 9.81. The Bertz CT molecular complexity index is 236. The lowest BCUT2D eigenvalue weighted by Crippen LogP contribution is -1.96. The van der Waals surface area contributed by atoms with Crippen LogP contribution in [0.2, 0.25) is 0 Å². The lowest BCUT2D eigenvalue weighted by atomic mass is 10.1. The number of rotatable bonds is 17. The fourth-order valence-corrected chi connectivity index (χ4v) is 2.69. The highest BCUT2D eigenvalue weighted by Crippen LogP contribution is 2.14. The van der Waals surface area contributed by atoms with Gasteiger partial charge in [-0.3, -0.25) is 0 Å². The van der Waals surface area contributed by atoms with Crippen molar-refractivity contribution < 1.29 is 9.84 Å². The van der Waals surface area contributed by atoms with E-state index in [4.69, 9.17) is 4.74 Å².